The topological polar surface area (TPSA) is 98.1 Å². The Bertz CT molecular complexity index is 1250. The summed E-state index contributed by atoms with van der Waals surface area (Å²) in [6.45, 7) is 1.15. The highest BCUT2D eigenvalue weighted by atomic mass is 35.5. The maximum absolute atomic E-state index is 12.8. The second-order valence-electron chi connectivity index (χ2n) is 7.09. The lowest BCUT2D eigenvalue weighted by Gasteiger charge is -2.10. The van der Waals surface area contributed by atoms with Crippen molar-refractivity contribution in [1.29, 1.82) is 0 Å². The third kappa shape index (κ3) is 7.51. The zero-order valence-electron chi connectivity index (χ0n) is 18.5. The van der Waals surface area contributed by atoms with Crippen LogP contribution in [-0.4, -0.2) is 40.6 Å². The van der Waals surface area contributed by atoms with Crippen LogP contribution in [-0.2, 0) is 6.54 Å². The molecule has 2 N–H and O–H groups in total. The number of ether oxygens (including phenoxy) is 1. The standard InChI is InChI=1S/C24H23Cl2N5O3/c1-34-21-10-13-29-24(30-21)28-12-5-3-2-4-11-27-22(32)20-14-19(26)16-31(23(20)33)15-17-6-8-18(25)9-7-17/h6-10,13-14,16H,4-5,11-12,15H2,1H3,(H,27,32)(H,28,29,30). The second-order valence-corrected chi connectivity index (χ2v) is 7.96. The smallest absolute Gasteiger partial charge is 0.263 e. The van der Waals surface area contributed by atoms with Crippen LogP contribution in [0.4, 0.5) is 5.95 Å². The fourth-order valence-corrected chi connectivity index (χ4v) is 3.31. The highest BCUT2D eigenvalue weighted by Gasteiger charge is 2.14. The average Bonchev–Trinajstić information content (AvgIpc) is 2.84. The van der Waals surface area contributed by atoms with Gasteiger partial charge < -0.3 is 19.9 Å². The fraction of sp³-hybridized carbons (Fsp3) is 0.250. The quantitative estimate of drug-likeness (QED) is 0.344. The third-order valence-electron chi connectivity index (χ3n) is 4.60. The van der Waals surface area contributed by atoms with Crippen molar-refractivity contribution in [2.24, 2.45) is 0 Å². The van der Waals surface area contributed by atoms with Crippen molar-refractivity contribution in [2.45, 2.75) is 19.4 Å². The first-order valence-corrected chi connectivity index (χ1v) is 11.2. The number of benzene rings is 1. The van der Waals surface area contributed by atoms with Gasteiger partial charge in [0, 0.05) is 49.4 Å². The Hall–Kier alpha value is -3.54. The summed E-state index contributed by atoms with van der Waals surface area (Å²) in [6.07, 6.45) is 4.14. The first-order chi connectivity index (χ1) is 16.5. The minimum atomic E-state index is -0.490. The molecule has 0 fully saturated rings. The van der Waals surface area contributed by atoms with Gasteiger partial charge in [-0.25, -0.2) is 4.98 Å². The predicted octanol–water partition coefficient (Wildman–Crippen LogP) is 3.63. The molecule has 0 aliphatic carbocycles. The molecule has 0 saturated carbocycles. The molecule has 2 aromatic heterocycles. The number of pyridine rings is 1. The number of hydrogen-bond donors (Lipinski definition) is 2. The molecular weight excluding hydrogens is 477 g/mol. The monoisotopic (exact) mass is 499 g/mol. The Morgan fingerprint density at radius 3 is 2.56 bits per heavy atom. The van der Waals surface area contributed by atoms with Crippen LogP contribution in [0.2, 0.25) is 10.0 Å². The molecule has 3 rings (SSSR count). The molecule has 0 spiro atoms. The van der Waals surface area contributed by atoms with Crippen molar-refractivity contribution < 1.29 is 9.53 Å². The number of anilines is 1. The Morgan fingerprint density at radius 1 is 1.09 bits per heavy atom. The summed E-state index contributed by atoms with van der Waals surface area (Å²) in [7, 11) is 1.54. The van der Waals surface area contributed by atoms with Gasteiger partial charge in [-0.05, 0) is 23.8 Å². The summed E-state index contributed by atoms with van der Waals surface area (Å²) in [5.41, 5.74) is 0.425. The van der Waals surface area contributed by atoms with Crippen LogP contribution in [0.5, 0.6) is 5.88 Å². The summed E-state index contributed by atoms with van der Waals surface area (Å²) >= 11 is 12.1. The Balaban J connectivity index is 1.47. The zero-order valence-corrected chi connectivity index (χ0v) is 20.0. The number of nitrogens with zero attached hydrogens (tertiary/aromatic N) is 3. The van der Waals surface area contributed by atoms with Crippen molar-refractivity contribution in [1.82, 2.24) is 19.9 Å². The Labute approximate surface area is 207 Å². The van der Waals surface area contributed by atoms with Crippen molar-refractivity contribution in [3.63, 3.8) is 0 Å². The molecular formula is C24H23Cl2N5O3. The maximum atomic E-state index is 12.8. The van der Waals surface area contributed by atoms with Crippen LogP contribution < -0.4 is 20.9 Å². The maximum Gasteiger partial charge on any atom is 0.263 e. The number of hydrogen-bond acceptors (Lipinski definition) is 6. The zero-order chi connectivity index (χ0) is 24.3. The minimum absolute atomic E-state index is 0.0167. The molecule has 1 aromatic carbocycles. The van der Waals surface area contributed by atoms with Gasteiger partial charge >= 0.3 is 0 Å². The van der Waals surface area contributed by atoms with E-state index in [0.29, 0.717) is 47.8 Å². The molecule has 0 radical (unpaired) electrons. The van der Waals surface area contributed by atoms with Crippen molar-refractivity contribution >= 4 is 35.1 Å². The minimum Gasteiger partial charge on any atom is -0.481 e. The Morgan fingerprint density at radius 2 is 1.82 bits per heavy atom. The van der Waals surface area contributed by atoms with Gasteiger partial charge in [0.1, 0.15) is 5.56 Å². The molecule has 176 valence electrons. The lowest BCUT2D eigenvalue weighted by Crippen LogP contribution is -2.33. The fourth-order valence-electron chi connectivity index (χ4n) is 2.95. The molecule has 34 heavy (non-hydrogen) atoms. The van der Waals surface area contributed by atoms with Gasteiger partial charge in [0.15, 0.2) is 0 Å². The number of amides is 1. The molecule has 0 aliphatic rings. The van der Waals surface area contributed by atoms with Crippen LogP contribution >= 0.6 is 23.2 Å². The van der Waals surface area contributed by atoms with Crippen molar-refractivity contribution in [3.8, 4) is 17.7 Å². The van der Waals surface area contributed by atoms with E-state index in [-0.39, 0.29) is 12.1 Å². The van der Waals surface area contributed by atoms with Gasteiger partial charge in [-0.2, -0.15) is 4.98 Å². The number of halogens is 2. The molecule has 2 heterocycles. The van der Waals surface area contributed by atoms with E-state index in [2.05, 4.69) is 32.4 Å². The van der Waals surface area contributed by atoms with Gasteiger partial charge in [0.2, 0.25) is 11.8 Å². The second kappa shape index (κ2) is 12.6. The molecule has 0 aliphatic heterocycles. The summed E-state index contributed by atoms with van der Waals surface area (Å²) in [4.78, 5) is 33.5. The lowest BCUT2D eigenvalue weighted by atomic mass is 10.2. The van der Waals surface area contributed by atoms with Crippen LogP contribution in [0, 0.1) is 11.8 Å². The predicted molar refractivity (Wildman–Crippen MR) is 133 cm³/mol. The number of rotatable bonds is 9. The first-order valence-electron chi connectivity index (χ1n) is 10.5. The van der Waals surface area contributed by atoms with Gasteiger partial charge in [-0.1, -0.05) is 35.3 Å². The summed E-state index contributed by atoms with van der Waals surface area (Å²) in [6, 6.07) is 10.1. The van der Waals surface area contributed by atoms with Crippen LogP contribution in [0.3, 0.4) is 0 Å². The van der Waals surface area contributed by atoms with E-state index >= 15 is 0 Å². The number of aromatic nitrogens is 3. The highest BCUT2D eigenvalue weighted by molar-refractivity contribution is 6.31. The molecule has 0 unspecified atom stereocenters. The normalized spacial score (nSPS) is 10.2. The molecule has 0 atom stereocenters. The number of methoxy groups -OCH3 is 1. The van der Waals surface area contributed by atoms with Gasteiger partial charge in [0.25, 0.3) is 11.5 Å². The Kier molecular flexibility index (Phi) is 9.32. The van der Waals surface area contributed by atoms with Crippen molar-refractivity contribution in [3.05, 3.63) is 80.3 Å². The summed E-state index contributed by atoms with van der Waals surface area (Å²) < 4.78 is 6.44. The molecule has 10 heteroatoms. The SMILES string of the molecule is COc1ccnc(NCCC#CCCNC(=O)c2cc(Cl)cn(Cc3ccc(Cl)cc3)c2=O)n1. The summed E-state index contributed by atoms with van der Waals surface area (Å²) in [5, 5.41) is 6.67. The number of carbonyl (C=O) groups is 1. The number of carbonyl (C=O) groups excluding carboxylic acids is 1. The van der Waals surface area contributed by atoms with Gasteiger partial charge in [0.05, 0.1) is 18.7 Å². The van der Waals surface area contributed by atoms with E-state index in [1.807, 2.05) is 12.1 Å². The molecule has 0 bridgehead atoms. The van der Waals surface area contributed by atoms with E-state index in [1.54, 1.807) is 31.5 Å². The molecule has 8 nitrogen and oxygen atoms in total. The summed E-state index contributed by atoms with van der Waals surface area (Å²) in [5.74, 6) is 6.46. The van der Waals surface area contributed by atoms with Gasteiger partial charge in [-0.3, -0.25) is 9.59 Å². The van der Waals surface area contributed by atoms with E-state index in [1.165, 1.54) is 16.8 Å². The van der Waals surface area contributed by atoms with E-state index < -0.39 is 11.5 Å². The largest absolute Gasteiger partial charge is 0.481 e. The van der Waals surface area contributed by atoms with E-state index in [9.17, 15) is 9.59 Å². The van der Waals surface area contributed by atoms with Crippen LogP contribution in [0.1, 0.15) is 28.8 Å². The van der Waals surface area contributed by atoms with Crippen molar-refractivity contribution in [2.75, 3.05) is 25.5 Å². The highest BCUT2D eigenvalue weighted by Crippen LogP contribution is 2.13. The average molecular weight is 500 g/mol. The first kappa shape index (κ1) is 25.1. The third-order valence-corrected chi connectivity index (χ3v) is 5.05. The molecule has 0 saturated heterocycles. The van der Waals surface area contributed by atoms with Gasteiger partial charge in [-0.15, -0.1) is 11.8 Å². The molecule has 1 amide bonds. The molecule has 3 aromatic rings. The van der Waals surface area contributed by atoms with E-state index in [4.69, 9.17) is 27.9 Å². The van der Waals surface area contributed by atoms with Crippen LogP contribution in [0.25, 0.3) is 0 Å². The lowest BCUT2D eigenvalue weighted by molar-refractivity contribution is 0.0952. The van der Waals surface area contributed by atoms with E-state index in [0.717, 1.165) is 5.56 Å². The van der Waals surface area contributed by atoms with Crippen LogP contribution in [0.15, 0.2) is 53.6 Å². The number of nitrogens with one attached hydrogen (secondary N) is 2.